The van der Waals surface area contributed by atoms with Crippen molar-refractivity contribution in [1.82, 2.24) is 5.32 Å². The molecule has 0 saturated heterocycles. The summed E-state index contributed by atoms with van der Waals surface area (Å²) in [6.07, 6.45) is 4.42. The van der Waals surface area contributed by atoms with Crippen molar-refractivity contribution >= 4 is 5.91 Å². The summed E-state index contributed by atoms with van der Waals surface area (Å²) in [5.41, 5.74) is 8.20. The van der Waals surface area contributed by atoms with Gasteiger partial charge in [0.25, 0.3) is 0 Å². The maximum absolute atomic E-state index is 12.5. The van der Waals surface area contributed by atoms with Crippen molar-refractivity contribution in [3.63, 3.8) is 0 Å². The number of carbonyl (C=O) groups excluding carboxylic acids is 1. The number of nitrogens with one attached hydrogen (secondary N) is 1. The first-order valence-electron chi connectivity index (χ1n) is 7.69. The molecule has 3 heteroatoms. The zero-order chi connectivity index (χ0) is 14.5. The molecule has 1 aliphatic carbocycles. The quantitative estimate of drug-likeness (QED) is 0.887. The van der Waals surface area contributed by atoms with Crippen LogP contribution in [0.4, 0.5) is 0 Å². The normalized spacial score (nSPS) is 24.1. The van der Waals surface area contributed by atoms with Crippen LogP contribution < -0.4 is 11.1 Å². The molecule has 0 spiro atoms. The largest absolute Gasteiger partial charge is 0.349 e. The average molecular weight is 274 g/mol. The highest BCUT2D eigenvalue weighted by molar-refractivity contribution is 5.79. The number of carbonyl (C=O) groups is 1. The second-order valence-electron chi connectivity index (χ2n) is 6.03. The Morgan fingerprint density at radius 1 is 1.40 bits per heavy atom. The maximum Gasteiger partial charge on any atom is 0.223 e. The van der Waals surface area contributed by atoms with Crippen molar-refractivity contribution in [2.24, 2.45) is 17.6 Å². The predicted molar refractivity (Wildman–Crippen MR) is 82.2 cm³/mol. The van der Waals surface area contributed by atoms with E-state index < -0.39 is 0 Å². The van der Waals surface area contributed by atoms with Crippen LogP contribution in [0.1, 0.15) is 49.8 Å². The van der Waals surface area contributed by atoms with Crippen molar-refractivity contribution in [2.75, 3.05) is 6.54 Å². The van der Waals surface area contributed by atoms with Gasteiger partial charge in [-0.15, -0.1) is 0 Å². The fourth-order valence-corrected chi connectivity index (χ4v) is 3.18. The molecule has 1 fully saturated rings. The van der Waals surface area contributed by atoms with E-state index >= 15 is 0 Å². The Kier molecular flexibility index (Phi) is 5.18. The van der Waals surface area contributed by atoms with Gasteiger partial charge in [-0.05, 0) is 44.7 Å². The van der Waals surface area contributed by atoms with Crippen LogP contribution in [-0.4, -0.2) is 12.5 Å². The lowest BCUT2D eigenvalue weighted by molar-refractivity contribution is -0.128. The van der Waals surface area contributed by atoms with Crippen molar-refractivity contribution in [1.29, 1.82) is 0 Å². The molecule has 1 aliphatic rings. The van der Waals surface area contributed by atoms with E-state index in [0.717, 1.165) is 19.3 Å². The van der Waals surface area contributed by atoms with Crippen molar-refractivity contribution in [3.8, 4) is 0 Å². The van der Waals surface area contributed by atoms with Crippen LogP contribution in [0.15, 0.2) is 24.3 Å². The van der Waals surface area contributed by atoms with E-state index in [1.807, 2.05) is 13.0 Å². The molecule has 1 aromatic carbocycles. The summed E-state index contributed by atoms with van der Waals surface area (Å²) in [5.74, 6) is 0.628. The predicted octanol–water partition coefficient (Wildman–Crippen LogP) is 2.94. The number of amides is 1. The number of nitrogens with two attached hydrogens (primary N) is 1. The Morgan fingerprint density at radius 3 is 2.85 bits per heavy atom. The van der Waals surface area contributed by atoms with Gasteiger partial charge in [0.1, 0.15) is 0 Å². The molecule has 0 radical (unpaired) electrons. The fourth-order valence-electron chi connectivity index (χ4n) is 3.18. The second kappa shape index (κ2) is 6.89. The second-order valence-corrected chi connectivity index (χ2v) is 6.03. The van der Waals surface area contributed by atoms with Gasteiger partial charge >= 0.3 is 0 Å². The van der Waals surface area contributed by atoms with Gasteiger partial charge in [-0.2, -0.15) is 0 Å². The number of aryl methyl sites for hydroxylation is 1. The van der Waals surface area contributed by atoms with Gasteiger partial charge < -0.3 is 11.1 Å². The minimum atomic E-state index is 0.0581. The van der Waals surface area contributed by atoms with E-state index in [4.69, 9.17) is 5.73 Å². The zero-order valence-corrected chi connectivity index (χ0v) is 12.6. The Balaban J connectivity index is 1.99. The number of rotatable bonds is 4. The molecule has 3 nitrogen and oxygen atoms in total. The first-order chi connectivity index (χ1) is 9.61. The summed E-state index contributed by atoms with van der Waals surface area (Å²) < 4.78 is 0. The van der Waals surface area contributed by atoms with E-state index in [0.29, 0.717) is 12.5 Å². The smallest absolute Gasteiger partial charge is 0.223 e. The highest BCUT2D eigenvalue weighted by Gasteiger charge is 2.30. The van der Waals surface area contributed by atoms with E-state index in [1.54, 1.807) is 0 Å². The molecule has 110 valence electrons. The van der Waals surface area contributed by atoms with Crippen LogP contribution in [0.25, 0.3) is 0 Å². The van der Waals surface area contributed by atoms with Crippen LogP contribution in [0, 0.1) is 18.8 Å². The lowest BCUT2D eigenvalue weighted by atomic mass is 9.78. The Labute approximate surface area is 121 Å². The third kappa shape index (κ3) is 3.60. The lowest BCUT2D eigenvalue weighted by Crippen LogP contribution is -2.40. The lowest BCUT2D eigenvalue weighted by Gasteiger charge is -2.30. The SMILES string of the molecule is Cc1cccc([C@H](C)NC(=O)C2CCCCC2CN)c1. The monoisotopic (exact) mass is 274 g/mol. The van der Waals surface area contributed by atoms with E-state index in [1.165, 1.54) is 17.5 Å². The number of hydrogen-bond donors (Lipinski definition) is 2. The Morgan fingerprint density at radius 2 is 2.15 bits per heavy atom. The van der Waals surface area contributed by atoms with Gasteiger partial charge in [0, 0.05) is 5.92 Å². The van der Waals surface area contributed by atoms with Crippen LogP contribution in [-0.2, 0) is 4.79 Å². The molecular formula is C17H26N2O. The molecule has 3 atom stereocenters. The van der Waals surface area contributed by atoms with E-state index in [9.17, 15) is 4.79 Å². The van der Waals surface area contributed by atoms with Crippen molar-refractivity contribution in [2.45, 2.75) is 45.6 Å². The molecule has 2 unspecified atom stereocenters. The third-order valence-electron chi connectivity index (χ3n) is 4.45. The maximum atomic E-state index is 12.5. The molecule has 20 heavy (non-hydrogen) atoms. The molecule has 3 N–H and O–H groups in total. The average Bonchev–Trinajstić information content (AvgIpc) is 2.47. The first kappa shape index (κ1) is 15.0. The Bertz CT molecular complexity index is 458. The third-order valence-corrected chi connectivity index (χ3v) is 4.45. The molecular weight excluding hydrogens is 248 g/mol. The summed E-state index contributed by atoms with van der Waals surface area (Å²) in [5, 5.41) is 3.16. The van der Waals surface area contributed by atoms with Gasteiger partial charge in [0.05, 0.1) is 6.04 Å². The standard InChI is InChI=1S/C17H26N2O/c1-12-6-5-8-14(10-12)13(2)19-17(20)16-9-4-3-7-15(16)11-18/h5-6,8,10,13,15-16H,3-4,7,9,11,18H2,1-2H3,(H,19,20)/t13-,15?,16?/m0/s1. The van der Waals surface area contributed by atoms with Gasteiger partial charge in [-0.3, -0.25) is 4.79 Å². The van der Waals surface area contributed by atoms with Gasteiger partial charge in [-0.25, -0.2) is 0 Å². The molecule has 1 aromatic rings. The number of hydrogen-bond acceptors (Lipinski definition) is 2. The summed E-state index contributed by atoms with van der Waals surface area (Å²) >= 11 is 0. The zero-order valence-electron chi connectivity index (χ0n) is 12.6. The fraction of sp³-hybridized carbons (Fsp3) is 0.588. The van der Waals surface area contributed by atoms with Crippen LogP contribution in [0.2, 0.25) is 0 Å². The van der Waals surface area contributed by atoms with Crippen molar-refractivity contribution < 1.29 is 4.79 Å². The highest BCUT2D eigenvalue weighted by Crippen LogP contribution is 2.30. The minimum Gasteiger partial charge on any atom is -0.349 e. The van der Waals surface area contributed by atoms with Crippen LogP contribution in [0.3, 0.4) is 0 Å². The molecule has 1 amide bonds. The molecule has 0 aromatic heterocycles. The van der Waals surface area contributed by atoms with E-state index in [2.05, 4.69) is 30.4 Å². The molecule has 1 saturated carbocycles. The number of benzene rings is 1. The summed E-state index contributed by atoms with van der Waals surface area (Å²) in [7, 11) is 0. The van der Waals surface area contributed by atoms with Gasteiger partial charge in [0.2, 0.25) is 5.91 Å². The van der Waals surface area contributed by atoms with Crippen molar-refractivity contribution in [3.05, 3.63) is 35.4 Å². The molecule has 2 rings (SSSR count). The minimum absolute atomic E-state index is 0.0581. The topological polar surface area (TPSA) is 55.1 Å². The van der Waals surface area contributed by atoms with Gasteiger partial charge in [-0.1, -0.05) is 42.7 Å². The highest BCUT2D eigenvalue weighted by atomic mass is 16.1. The molecule has 0 aliphatic heterocycles. The Hall–Kier alpha value is -1.35. The van der Waals surface area contributed by atoms with E-state index in [-0.39, 0.29) is 17.9 Å². The van der Waals surface area contributed by atoms with Crippen LogP contribution >= 0.6 is 0 Å². The summed E-state index contributed by atoms with van der Waals surface area (Å²) in [6.45, 7) is 4.74. The van der Waals surface area contributed by atoms with Crippen LogP contribution in [0.5, 0.6) is 0 Å². The van der Waals surface area contributed by atoms with Gasteiger partial charge in [0.15, 0.2) is 0 Å². The molecule has 0 heterocycles. The first-order valence-corrected chi connectivity index (χ1v) is 7.69. The molecule has 0 bridgehead atoms. The summed E-state index contributed by atoms with van der Waals surface area (Å²) in [4.78, 5) is 12.5. The summed E-state index contributed by atoms with van der Waals surface area (Å²) in [6, 6.07) is 8.37.